The standard InChI is InChI=1S/C8H9BrN2O/c9-7-4-10-5-8(11-7)12-6-2-1-3-6/h4-6H,1-3H2. The zero-order valence-electron chi connectivity index (χ0n) is 6.53. The number of rotatable bonds is 2. The number of halogens is 1. The zero-order valence-corrected chi connectivity index (χ0v) is 8.12. The van der Waals surface area contributed by atoms with E-state index in [0.717, 1.165) is 17.4 Å². The number of hydrogen-bond acceptors (Lipinski definition) is 3. The van der Waals surface area contributed by atoms with Crippen LogP contribution < -0.4 is 4.74 Å². The summed E-state index contributed by atoms with van der Waals surface area (Å²) in [4.78, 5) is 8.09. The number of nitrogens with zero attached hydrogens (tertiary/aromatic N) is 2. The van der Waals surface area contributed by atoms with Crippen molar-refractivity contribution in [1.29, 1.82) is 0 Å². The van der Waals surface area contributed by atoms with Gasteiger partial charge in [0.1, 0.15) is 10.7 Å². The summed E-state index contributed by atoms with van der Waals surface area (Å²) >= 11 is 3.24. The van der Waals surface area contributed by atoms with Crippen molar-refractivity contribution in [1.82, 2.24) is 9.97 Å². The van der Waals surface area contributed by atoms with Crippen molar-refractivity contribution >= 4 is 15.9 Å². The third-order valence-corrected chi connectivity index (χ3v) is 2.30. The van der Waals surface area contributed by atoms with E-state index >= 15 is 0 Å². The van der Waals surface area contributed by atoms with Gasteiger partial charge in [0, 0.05) is 0 Å². The van der Waals surface area contributed by atoms with Crippen LogP contribution in [0.4, 0.5) is 0 Å². The molecule has 0 bridgehead atoms. The first-order valence-corrected chi connectivity index (χ1v) is 4.78. The molecule has 12 heavy (non-hydrogen) atoms. The molecular formula is C8H9BrN2O. The molecule has 0 N–H and O–H groups in total. The maximum absolute atomic E-state index is 5.53. The van der Waals surface area contributed by atoms with Crippen molar-refractivity contribution in [2.45, 2.75) is 25.4 Å². The van der Waals surface area contributed by atoms with E-state index in [1.165, 1.54) is 6.42 Å². The molecule has 1 aliphatic rings. The molecule has 0 aliphatic heterocycles. The van der Waals surface area contributed by atoms with E-state index in [9.17, 15) is 0 Å². The van der Waals surface area contributed by atoms with E-state index in [1.54, 1.807) is 12.4 Å². The highest BCUT2D eigenvalue weighted by Gasteiger charge is 2.19. The minimum atomic E-state index is 0.369. The second-order valence-electron chi connectivity index (χ2n) is 2.85. The van der Waals surface area contributed by atoms with Crippen LogP contribution in [0.3, 0.4) is 0 Å². The van der Waals surface area contributed by atoms with Gasteiger partial charge in [-0.3, -0.25) is 4.98 Å². The predicted molar refractivity (Wildman–Crippen MR) is 48.0 cm³/mol. The minimum absolute atomic E-state index is 0.369. The van der Waals surface area contributed by atoms with Crippen LogP contribution in [0, 0.1) is 0 Å². The Morgan fingerprint density at radius 3 is 2.83 bits per heavy atom. The first-order valence-electron chi connectivity index (χ1n) is 3.99. The molecule has 1 aromatic heterocycles. The van der Waals surface area contributed by atoms with E-state index in [4.69, 9.17) is 4.74 Å². The molecule has 0 aromatic carbocycles. The first-order chi connectivity index (χ1) is 5.84. The molecule has 1 heterocycles. The van der Waals surface area contributed by atoms with Gasteiger partial charge < -0.3 is 4.74 Å². The van der Waals surface area contributed by atoms with Crippen LogP contribution in [0.15, 0.2) is 17.0 Å². The lowest BCUT2D eigenvalue weighted by atomic mass is 9.96. The van der Waals surface area contributed by atoms with Crippen LogP contribution in [-0.2, 0) is 0 Å². The summed E-state index contributed by atoms with van der Waals surface area (Å²) < 4.78 is 6.25. The van der Waals surface area contributed by atoms with Gasteiger partial charge >= 0.3 is 0 Å². The van der Waals surface area contributed by atoms with Gasteiger partial charge in [-0.25, -0.2) is 4.98 Å². The molecule has 1 aliphatic carbocycles. The van der Waals surface area contributed by atoms with Crippen LogP contribution in [-0.4, -0.2) is 16.1 Å². The normalized spacial score (nSPS) is 17.1. The van der Waals surface area contributed by atoms with Crippen LogP contribution in [0.25, 0.3) is 0 Å². The van der Waals surface area contributed by atoms with E-state index < -0.39 is 0 Å². The Kier molecular flexibility index (Phi) is 2.26. The van der Waals surface area contributed by atoms with Gasteiger partial charge in [-0.15, -0.1) is 0 Å². The molecule has 0 atom stereocenters. The molecule has 0 saturated heterocycles. The third kappa shape index (κ3) is 1.75. The second kappa shape index (κ2) is 3.39. The van der Waals surface area contributed by atoms with Crippen molar-refractivity contribution in [2.24, 2.45) is 0 Å². The Hall–Kier alpha value is -0.640. The zero-order chi connectivity index (χ0) is 8.39. The van der Waals surface area contributed by atoms with Crippen LogP contribution in [0.5, 0.6) is 5.88 Å². The Bertz CT molecular complexity index is 276. The highest BCUT2D eigenvalue weighted by atomic mass is 79.9. The Labute approximate surface area is 79.3 Å². The Morgan fingerprint density at radius 1 is 1.42 bits per heavy atom. The average Bonchev–Trinajstić information content (AvgIpc) is 1.97. The predicted octanol–water partition coefficient (Wildman–Crippen LogP) is 2.17. The van der Waals surface area contributed by atoms with Gasteiger partial charge in [0.15, 0.2) is 0 Å². The molecule has 0 spiro atoms. The lowest BCUT2D eigenvalue weighted by molar-refractivity contribution is 0.114. The van der Waals surface area contributed by atoms with Crippen LogP contribution >= 0.6 is 15.9 Å². The monoisotopic (exact) mass is 228 g/mol. The van der Waals surface area contributed by atoms with E-state index in [0.29, 0.717) is 12.0 Å². The van der Waals surface area contributed by atoms with Crippen molar-refractivity contribution in [3.8, 4) is 5.88 Å². The van der Waals surface area contributed by atoms with Crippen molar-refractivity contribution in [3.63, 3.8) is 0 Å². The minimum Gasteiger partial charge on any atom is -0.473 e. The Morgan fingerprint density at radius 2 is 2.25 bits per heavy atom. The topological polar surface area (TPSA) is 35.0 Å². The largest absolute Gasteiger partial charge is 0.473 e. The first kappa shape index (κ1) is 7.98. The number of hydrogen-bond donors (Lipinski definition) is 0. The average molecular weight is 229 g/mol. The van der Waals surface area contributed by atoms with Crippen molar-refractivity contribution < 1.29 is 4.74 Å². The fourth-order valence-corrected chi connectivity index (χ4v) is 1.33. The van der Waals surface area contributed by atoms with Crippen LogP contribution in [0.2, 0.25) is 0 Å². The van der Waals surface area contributed by atoms with Gasteiger partial charge in [0.2, 0.25) is 5.88 Å². The fraction of sp³-hybridized carbons (Fsp3) is 0.500. The van der Waals surface area contributed by atoms with Gasteiger partial charge in [-0.1, -0.05) is 0 Å². The molecule has 1 saturated carbocycles. The number of aromatic nitrogens is 2. The summed E-state index contributed by atoms with van der Waals surface area (Å²) in [6.07, 6.45) is 7.22. The molecule has 1 aromatic rings. The molecule has 0 amide bonds. The van der Waals surface area contributed by atoms with E-state index in [-0.39, 0.29) is 0 Å². The summed E-state index contributed by atoms with van der Waals surface area (Å²) in [6.45, 7) is 0. The third-order valence-electron chi connectivity index (χ3n) is 1.92. The van der Waals surface area contributed by atoms with Gasteiger partial charge in [-0.05, 0) is 35.2 Å². The van der Waals surface area contributed by atoms with E-state index in [2.05, 4.69) is 25.9 Å². The van der Waals surface area contributed by atoms with Gasteiger partial charge in [0.05, 0.1) is 12.4 Å². The maximum atomic E-state index is 5.53. The molecule has 0 radical (unpaired) electrons. The van der Waals surface area contributed by atoms with E-state index in [1.807, 2.05) is 0 Å². The van der Waals surface area contributed by atoms with Gasteiger partial charge in [0.25, 0.3) is 0 Å². The molecule has 1 fully saturated rings. The molecule has 2 rings (SSSR count). The molecule has 3 nitrogen and oxygen atoms in total. The number of ether oxygens (including phenoxy) is 1. The highest BCUT2D eigenvalue weighted by molar-refractivity contribution is 9.10. The van der Waals surface area contributed by atoms with Crippen LogP contribution in [0.1, 0.15) is 19.3 Å². The summed E-state index contributed by atoms with van der Waals surface area (Å²) in [6, 6.07) is 0. The highest BCUT2D eigenvalue weighted by Crippen LogP contribution is 2.23. The van der Waals surface area contributed by atoms with Crippen molar-refractivity contribution in [3.05, 3.63) is 17.0 Å². The molecular weight excluding hydrogens is 220 g/mol. The molecule has 64 valence electrons. The maximum Gasteiger partial charge on any atom is 0.233 e. The SMILES string of the molecule is Brc1cncc(OC2CCC2)n1. The summed E-state index contributed by atoms with van der Waals surface area (Å²) in [5.41, 5.74) is 0. The summed E-state index contributed by atoms with van der Waals surface area (Å²) in [5.74, 6) is 0.620. The van der Waals surface area contributed by atoms with Crippen molar-refractivity contribution in [2.75, 3.05) is 0 Å². The quantitative estimate of drug-likeness (QED) is 0.779. The van der Waals surface area contributed by atoms with Gasteiger partial charge in [-0.2, -0.15) is 0 Å². The molecule has 0 unspecified atom stereocenters. The summed E-state index contributed by atoms with van der Waals surface area (Å²) in [7, 11) is 0. The Balaban J connectivity index is 2.02. The second-order valence-corrected chi connectivity index (χ2v) is 3.66. The summed E-state index contributed by atoms with van der Waals surface area (Å²) in [5, 5.41) is 0. The fourth-order valence-electron chi connectivity index (χ4n) is 1.04. The smallest absolute Gasteiger partial charge is 0.233 e. The lowest BCUT2D eigenvalue weighted by Crippen LogP contribution is -2.25. The molecule has 4 heteroatoms. The lowest BCUT2D eigenvalue weighted by Gasteiger charge is -2.25.